The van der Waals surface area contributed by atoms with E-state index in [0.717, 1.165) is 27.0 Å². The lowest BCUT2D eigenvalue weighted by atomic mass is 9.99. The molecule has 0 aliphatic rings. The molecule has 0 atom stereocenters. The lowest BCUT2D eigenvalue weighted by molar-refractivity contribution is 1.37. The van der Waals surface area contributed by atoms with Crippen molar-refractivity contribution in [2.45, 2.75) is 0 Å². The van der Waals surface area contributed by atoms with Gasteiger partial charge in [0, 0.05) is 38.3 Å². The summed E-state index contributed by atoms with van der Waals surface area (Å²) in [6, 6.07) is 33.1. The van der Waals surface area contributed by atoms with Gasteiger partial charge in [-0.05, 0) is 23.3 Å². The minimum atomic E-state index is 0.473. The maximum Gasteiger partial charge on any atom is 0.157 e. The first-order chi connectivity index (χ1) is 15.3. The van der Waals surface area contributed by atoms with Crippen LogP contribution in [0.1, 0.15) is 11.1 Å². The predicted octanol–water partition coefficient (Wildman–Crippen LogP) is 6.50. The first kappa shape index (κ1) is 19.2. The van der Waals surface area contributed by atoms with Gasteiger partial charge in [0.25, 0.3) is 0 Å². The fourth-order valence-electron chi connectivity index (χ4n) is 3.90. The van der Waals surface area contributed by atoms with E-state index in [-0.39, 0.29) is 0 Å². The average molecular weight is 420 g/mol. The SMILES string of the molecule is CN=C(N=C(N)c1cccc2c1sc1ccccc12)c1ccccc1-c1ccccc1. The number of rotatable bonds is 3. The number of hydrogen-bond donors (Lipinski definition) is 1. The number of thiophene rings is 1. The molecule has 5 aromatic rings. The molecule has 0 saturated heterocycles. The molecule has 0 radical (unpaired) electrons. The van der Waals surface area contributed by atoms with Gasteiger partial charge in [0.15, 0.2) is 5.84 Å². The maximum atomic E-state index is 6.56. The van der Waals surface area contributed by atoms with E-state index in [9.17, 15) is 0 Å². The highest BCUT2D eigenvalue weighted by Gasteiger charge is 2.14. The summed E-state index contributed by atoms with van der Waals surface area (Å²) in [7, 11) is 1.76. The van der Waals surface area contributed by atoms with Crippen LogP contribution in [0.4, 0.5) is 0 Å². The van der Waals surface area contributed by atoms with E-state index in [2.05, 4.69) is 53.5 Å². The van der Waals surface area contributed by atoms with Crippen LogP contribution in [0.5, 0.6) is 0 Å². The monoisotopic (exact) mass is 419 g/mol. The number of fused-ring (bicyclic) bond motifs is 3. The number of hydrogen-bond acceptors (Lipinski definition) is 2. The maximum absolute atomic E-state index is 6.56. The molecular formula is C27H21N3S. The van der Waals surface area contributed by atoms with Crippen LogP contribution in [0.25, 0.3) is 31.3 Å². The highest BCUT2D eigenvalue weighted by atomic mass is 32.1. The molecule has 0 fully saturated rings. The Kier molecular flexibility index (Phi) is 5.06. The number of benzene rings is 4. The van der Waals surface area contributed by atoms with E-state index in [0.29, 0.717) is 11.7 Å². The fourth-order valence-corrected chi connectivity index (χ4v) is 5.13. The molecular weight excluding hydrogens is 398 g/mol. The zero-order valence-corrected chi connectivity index (χ0v) is 17.9. The van der Waals surface area contributed by atoms with Crippen LogP contribution in [-0.4, -0.2) is 18.7 Å². The molecule has 0 aliphatic carbocycles. The summed E-state index contributed by atoms with van der Waals surface area (Å²) in [5.74, 6) is 1.09. The van der Waals surface area contributed by atoms with E-state index in [1.54, 1.807) is 18.4 Å². The van der Waals surface area contributed by atoms with Gasteiger partial charge < -0.3 is 5.73 Å². The van der Waals surface area contributed by atoms with Crippen molar-refractivity contribution < 1.29 is 0 Å². The molecule has 4 aromatic carbocycles. The van der Waals surface area contributed by atoms with Crippen LogP contribution in [-0.2, 0) is 0 Å². The third-order valence-electron chi connectivity index (χ3n) is 5.37. The normalized spacial score (nSPS) is 12.5. The molecule has 0 saturated carbocycles. The molecule has 1 heterocycles. The smallest absolute Gasteiger partial charge is 0.157 e. The van der Waals surface area contributed by atoms with Gasteiger partial charge in [0.1, 0.15) is 5.84 Å². The highest BCUT2D eigenvalue weighted by Crippen LogP contribution is 2.35. The van der Waals surface area contributed by atoms with Gasteiger partial charge in [-0.1, -0.05) is 84.9 Å². The third kappa shape index (κ3) is 3.51. The zero-order valence-electron chi connectivity index (χ0n) is 17.1. The van der Waals surface area contributed by atoms with E-state index < -0.39 is 0 Å². The van der Waals surface area contributed by atoms with Crippen molar-refractivity contribution in [1.29, 1.82) is 0 Å². The number of amidine groups is 2. The van der Waals surface area contributed by atoms with E-state index in [1.807, 2.05) is 48.5 Å². The summed E-state index contributed by atoms with van der Waals surface area (Å²) in [6.45, 7) is 0. The largest absolute Gasteiger partial charge is 0.383 e. The third-order valence-corrected chi connectivity index (χ3v) is 6.59. The summed E-state index contributed by atoms with van der Waals surface area (Å²) in [5, 5.41) is 2.45. The van der Waals surface area contributed by atoms with Crippen LogP contribution in [0, 0.1) is 0 Å². The van der Waals surface area contributed by atoms with Gasteiger partial charge in [-0.15, -0.1) is 11.3 Å². The standard InChI is InChI=1S/C27H21N3S/c1-29-27(22-14-6-5-12-19(22)18-10-3-2-4-11-18)30-26(28)23-16-9-15-21-20-13-7-8-17-24(20)31-25(21)23/h2-17H,1H3,(H2,28,29,30). The molecule has 31 heavy (non-hydrogen) atoms. The van der Waals surface area contributed by atoms with Crippen LogP contribution in [0.2, 0.25) is 0 Å². The predicted molar refractivity (Wildman–Crippen MR) is 134 cm³/mol. The van der Waals surface area contributed by atoms with Crippen molar-refractivity contribution in [3.8, 4) is 11.1 Å². The first-order valence-electron chi connectivity index (χ1n) is 10.1. The lowest BCUT2D eigenvalue weighted by Gasteiger charge is -2.10. The molecule has 1 aromatic heterocycles. The van der Waals surface area contributed by atoms with E-state index in [1.165, 1.54) is 15.5 Å². The zero-order chi connectivity index (χ0) is 21.2. The van der Waals surface area contributed by atoms with Gasteiger partial charge in [0.2, 0.25) is 0 Å². The first-order valence-corrected chi connectivity index (χ1v) is 10.9. The second kappa shape index (κ2) is 8.17. The Balaban J connectivity index is 1.63. The number of nitrogens with two attached hydrogens (primary N) is 1. The Bertz CT molecular complexity index is 1450. The average Bonchev–Trinajstić information content (AvgIpc) is 3.22. The van der Waals surface area contributed by atoms with Gasteiger partial charge in [-0.25, -0.2) is 4.99 Å². The molecule has 0 aliphatic heterocycles. The summed E-state index contributed by atoms with van der Waals surface area (Å²) >= 11 is 1.75. The van der Waals surface area contributed by atoms with Crippen molar-refractivity contribution in [2.24, 2.45) is 15.7 Å². The quantitative estimate of drug-likeness (QED) is 0.263. The summed E-state index contributed by atoms with van der Waals surface area (Å²) < 4.78 is 2.40. The lowest BCUT2D eigenvalue weighted by Crippen LogP contribution is -2.16. The Labute approximate surface area is 185 Å². The fraction of sp³-hybridized carbons (Fsp3) is 0.0370. The van der Waals surface area contributed by atoms with Crippen LogP contribution in [0.15, 0.2) is 107 Å². The second-order valence-corrected chi connectivity index (χ2v) is 8.29. The van der Waals surface area contributed by atoms with Crippen LogP contribution < -0.4 is 5.73 Å². The minimum Gasteiger partial charge on any atom is -0.383 e. The molecule has 0 spiro atoms. The Morgan fingerprint density at radius 2 is 1.39 bits per heavy atom. The Morgan fingerprint density at radius 3 is 2.23 bits per heavy atom. The molecule has 4 heteroatoms. The number of nitrogens with zero attached hydrogens (tertiary/aromatic N) is 2. The highest BCUT2D eigenvalue weighted by molar-refractivity contribution is 7.26. The topological polar surface area (TPSA) is 50.7 Å². The summed E-state index contributed by atoms with van der Waals surface area (Å²) in [4.78, 5) is 9.28. The Morgan fingerprint density at radius 1 is 0.710 bits per heavy atom. The molecule has 2 N–H and O–H groups in total. The molecule has 150 valence electrons. The van der Waals surface area contributed by atoms with E-state index in [4.69, 9.17) is 10.7 Å². The molecule has 5 rings (SSSR count). The van der Waals surface area contributed by atoms with Gasteiger partial charge in [-0.2, -0.15) is 0 Å². The van der Waals surface area contributed by atoms with Crippen molar-refractivity contribution in [3.63, 3.8) is 0 Å². The van der Waals surface area contributed by atoms with Gasteiger partial charge in [0.05, 0.1) is 0 Å². The Hall–Kier alpha value is -3.76. The van der Waals surface area contributed by atoms with Gasteiger partial charge >= 0.3 is 0 Å². The summed E-state index contributed by atoms with van der Waals surface area (Å²) in [5.41, 5.74) is 10.7. The summed E-state index contributed by atoms with van der Waals surface area (Å²) in [6.07, 6.45) is 0. The van der Waals surface area contributed by atoms with Crippen LogP contribution >= 0.6 is 11.3 Å². The van der Waals surface area contributed by atoms with Crippen molar-refractivity contribution >= 4 is 43.2 Å². The van der Waals surface area contributed by atoms with Crippen molar-refractivity contribution in [3.05, 3.63) is 108 Å². The van der Waals surface area contributed by atoms with Gasteiger partial charge in [-0.3, -0.25) is 4.99 Å². The molecule has 0 amide bonds. The molecule has 3 nitrogen and oxygen atoms in total. The van der Waals surface area contributed by atoms with Crippen molar-refractivity contribution in [2.75, 3.05) is 7.05 Å². The van der Waals surface area contributed by atoms with Crippen LogP contribution in [0.3, 0.4) is 0 Å². The molecule has 0 unspecified atom stereocenters. The molecule has 0 bridgehead atoms. The number of aliphatic imine (C=N–C) groups is 2. The minimum absolute atomic E-state index is 0.473. The second-order valence-electron chi connectivity index (χ2n) is 7.24. The van der Waals surface area contributed by atoms with Crippen molar-refractivity contribution in [1.82, 2.24) is 0 Å². The van der Waals surface area contributed by atoms with E-state index >= 15 is 0 Å².